The van der Waals surface area contributed by atoms with Crippen molar-refractivity contribution in [2.75, 3.05) is 0 Å². The lowest BCUT2D eigenvalue weighted by Crippen LogP contribution is -1.78. The summed E-state index contributed by atoms with van der Waals surface area (Å²) in [5, 5.41) is 4.60. The molecule has 71 valence electrons. The van der Waals surface area contributed by atoms with Crippen LogP contribution in [0.5, 0.6) is 0 Å². The fourth-order valence-corrected chi connectivity index (χ4v) is 1.97. The summed E-state index contributed by atoms with van der Waals surface area (Å²) in [6.45, 7) is 0. The highest BCUT2D eigenvalue weighted by molar-refractivity contribution is 6.02. The van der Waals surface area contributed by atoms with Crippen molar-refractivity contribution < 1.29 is 0 Å². The van der Waals surface area contributed by atoms with Gasteiger partial charge in [-0.05, 0) is 34.4 Å². The van der Waals surface area contributed by atoms with Gasteiger partial charge in [0.25, 0.3) is 0 Å². The first-order chi connectivity index (χ1) is 7.34. The summed E-state index contributed by atoms with van der Waals surface area (Å²) in [6, 6.07) is 18.3. The van der Waals surface area contributed by atoms with E-state index >= 15 is 0 Å². The van der Waals surface area contributed by atoms with Crippen LogP contribution < -0.4 is 5.73 Å². The molecule has 0 aliphatic carbocycles. The Hall–Kier alpha value is -2.02. The van der Waals surface area contributed by atoms with Crippen molar-refractivity contribution in [3.63, 3.8) is 0 Å². The zero-order valence-corrected chi connectivity index (χ0v) is 8.20. The molecule has 0 bridgehead atoms. The number of rotatable bonds is 0. The van der Waals surface area contributed by atoms with Gasteiger partial charge in [-0.1, -0.05) is 36.4 Å². The molecule has 0 saturated heterocycles. The van der Waals surface area contributed by atoms with Gasteiger partial charge in [-0.2, -0.15) is 0 Å². The molecule has 3 aromatic carbocycles. The fourth-order valence-electron chi connectivity index (χ4n) is 1.97. The maximum atomic E-state index is 7.84. The molecule has 0 aromatic heterocycles. The minimum absolute atomic E-state index is 0.596. The Morgan fingerprint density at radius 2 is 1.33 bits per heavy atom. The molecule has 0 amide bonds. The van der Waals surface area contributed by atoms with Crippen LogP contribution >= 0.6 is 0 Å². The van der Waals surface area contributed by atoms with Gasteiger partial charge in [-0.3, -0.25) is 0 Å². The molecular formula is C14H10N. The molecule has 0 spiro atoms. The lowest BCUT2D eigenvalue weighted by atomic mass is 10.0. The molecule has 1 nitrogen and oxygen atoms in total. The van der Waals surface area contributed by atoms with Crippen LogP contribution in [0.4, 0.5) is 5.69 Å². The molecule has 0 aliphatic rings. The van der Waals surface area contributed by atoms with E-state index in [1.54, 1.807) is 0 Å². The molecule has 1 radical (unpaired) electrons. The monoisotopic (exact) mass is 192 g/mol. The van der Waals surface area contributed by atoms with Crippen molar-refractivity contribution in [1.29, 1.82) is 0 Å². The van der Waals surface area contributed by atoms with E-state index in [-0.39, 0.29) is 0 Å². The second-order valence-electron chi connectivity index (χ2n) is 3.73. The first kappa shape index (κ1) is 8.30. The smallest absolute Gasteiger partial charge is 0.0618 e. The van der Waals surface area contributed by atoms with Crippen molar-refractivity contribution in [2.45, 2.75) is 0 Å². The lowest BCUT2D eigenvalue weighted by Gasteiger charge is -2.03. The number of hydrogen-bond donors (Lipinski definition) is 0. The highest BCUT2D eigenvalue weighted by Crippen LogP contribution is 2.27. The highest BCUT2D eigenvalue weighted by atomic mass is 14.5. The molecule has 15 heavy (non-hydrogen) atoms. The van der Waals surface area contributed by atoms with Crippen LogP contribution in [-0.2, 0) is 0 Å². The molecule has 0 saturated carbocycles. The molecule has 1 heteroatoms. The minimum Gasteiger partial charge on any atom is -0.300 e. The van der Waals surface area contributed by atoms with Crippen LogP contribution in [0.25, 0.3) is 21.5 Å². The van der Waals surface area contributed by atoms with Crippen molar-refractivity contribution >= 4 is 27.2 Å². The molecule has 1 N–H and O–H groups in total. The van der Waals surface area contributed by atoms with Gasteiger partial charge in [-0.25, -0.2) is 0 Å². The van der Waals surface area contributed by atoms with Gasteiger partial charge in [0.1, 0.15) is 0 Å². The maximum absolute atomic E-state index is 7.84. The Morgan fingerprint density at radius 3 is 2.13 bits per heavy atom. The normalized spacial score (nSPS) is 10.9. The van der Waals surface area contributed by atoms with Gasteiger partial charge in [-0.15, -0.1) is 0 Å². The van der Waals surface area contributed by atoms with Gasteiger partial charge in [0.15, 0.2) is 0 Å². The molecule has 3 rings (SSSR count). The van der Waals surface area contributed by atoms with Crippen molar-refractivity contribution in [3.05, 3.63) is 54.6 Å². The Kier molecular flexibility index (Phi) is 1.65. The largest absolute Gasteiger partial charge is 0.300 e. The van der Waals surface area contributed by atoms with E-state index < -0.39 is 0 Å². The average molecular weight is 192 g/mol. The summed E-state index contributed by atoms with van der Waals surface area (Å²) < 4.78 is 0. The van der Waals surface area contributed by atoms with E-state index in [1.165, 1.54) is 10.8 Å². The van der Waals surface area contributed by atoms with Gasteiger partial charge < -0.3 is 5.73 Å². The van der Waals surface area contributed by atoms with Crippen LogP contribution in [-0.4, -0.2) is 0 Å². The van der Waals surface area contributed by atoms with Crippen LogP contribution in [0.3, 0.4) is 0 Å². The predicted molar refractivity (Wildman–Crippen MR) is 64.2 cm³/mol. The van der Waals surface area contributed by atoms with E-state index in [2.05, 4.69) is 30.3 Å². The summed E-state index contributed by atoms with van der Waals surface area (Å²) in [6.07, 6.45) is 0. The first-order valence-electron chi connectivity index (χ1n) is 4.98. The first-order valence-corrected chi connectivity index (χ1v) is 4.98. The molecule has 3 aromatic rings. The maximum Gasteiger partial charge on any atom is 0.0618 e. The van der Waals surface area contributed by atoms with Crippen molar-refractivity contribution in [1.82, 2.24) is 5.73 Å². The number of benzene rings is 3. The summed E-state index contributed by atoms with van der Waals surface area (Å²) >= 11 is 0. The van der Waals surface area contributed by atoms with E-state index in [4.69, 9.17) is 5.73 Å². The number of hydrogen-bond acceptors (Lipinski definition) is 0. The van der Waals surface area contributed by atoms with Gasteiger partial charge >= 0.3 is 0 Å². The Balaban J connectivity index is 2.53. The molecule has 0 unspecified atom stereocenters. The SMILES string of the molecule is [NH]c1cccc2cc3ccccc3cc12. The molecule has 0 fully saturated rings. The van der Waals surface area contributed by atoms with E-state index in [0.29, 0.717) is 5.69 Å². The minimum atomic E-state index is 0.596. The predicted octanol–water partition coefficient (Wildman–Crippen LogP) is 3.91. The third-order valence-corrected chi connectivity index (χ3v) is 2.75. The summed E-state index contributed by atoms with van der Waals surface area (Å²) in [5.74, 6) is 0. The van der Waals surface area contributed by atoms with Crippen molar-refractivity contribution in [3.8, 4) is 0 Å². The van der Waals surface area contributed by atoms with Crippen LogP contribution in [0.2, 0.25) is 0 Å². The quantitative estimate of drug-likeness (QED) is 0.482. The summed E-state index contributed by atoms with van der Waals surface area (Å²) in [7, 11) is 0. The second-order valence-corrected chi connectivity index (χ2v) is 3.73. The van der Waals surface area contributed by atoms with Gasteiger partial charge in [0, 0.05) is 5.39 Å². The Morgan fingerprint density at radius 1 is 0.667 bits per heavy atom. The summed E-state index contributed by atoms with van der Waals surface area (Å²) in [4.78, 5) is 0. The van der Waals surface area contributed by atoms with Crippen LogP contribution in [0, 0.1) is 0 Å². The van der Waals surface area contributed by atoms with Crippen LogP contribution in [0.15, 0.2) is 54.6 Å². The standard InChI is InChI=1S/C14H10N/c15-14-7-3-6-12-8-10-4-1-2-5-11(10)9-13(12)14/h1-9,15H. The highest BCUT2D eigenvalue weighted by Gasteiger charge is 1.99. The number of fused-ring (bicyclic) bond motifs is 2. The zero-order valence-electron chi connectivity index (χ0n) is 8.20. The Bertz CT molecular complexity index is 641. The lowest BCUT2D eigenvalue weighted by molar-refractivity contribution is 1.53. The molecule has 0 heterocycles. The van der Waals surface area contributed by atoms with Crippen molar-refractivity contribution in [2.24, 2.45) is 0 Å². The topological polar surface area (TPSA) is 23.8 Å². The third kappa shape index (κ3) is 1.24. The third-order valence-electron chi connectivity index (χ3n) is 2.75. The number of nitrogens with one attached hydrogen (secondary N) is 1. The average Bonchev–Trinajstić information content (AvgIpc) is 2.27. The fraction of sp³-hybridized carbons (Fsp3) is 0. The van der Waals surface area contributed by atoms with E-state index in [9.17, 15) is 0 Å². The molecular weight excluding hydrogens is 182 g/mol. The van der Waals surface area contributed by atoms with Gasteiger partial charge in [0.2, 0.25) is 0 Å². The zero-order chi connectivity index (χ0) is 10.3. The van der Waals surface area contributed by atoms with Gasteiger partial charge in [0.05, 0.1) is 5.69 Å². The summed E-state index contributed by atoms with van der Waals surface area (Å²) in [5.41, 5.74) is 8.43. The second kappa shape index (κ2) is 2.99. The Labute approximate surface area is 88.1 Å². The van der Waals surface area contributed by atoms with E-state index in [0.717, 1.165) is 10.8 Å². The molecule has 0 atom stereocenters. The molecule has 0 aliphatic heterocycles. The van der Waals surface area contributed by atoms with E-state index in [1.807, 2.05) is 24.3 Å². The van der Waals surface area contributed by atoms with Crippen LogP contribution in [0.1, 0.15) is 0 Å².